The molecule has 0 fully saturated rings. The van der Waals surface area contributed by atoms with Crippen LogP contribution < -0.4 is 10.6 Å². The summed E-state index contributed by atoms with van der Waals surface area (Å²) in [4.78, 5) is 24.3. The van der Waals surface area contributed by atoms with Crippen molar-refractivity contribution in [1.82, 2.24) is 10.6 Å². The van der Waals surface area contributed by atoms with Gasteiger partial charge in [0.05, 0.1) is 4.47 Å². The van der Waals surface area contributed by atoms with Gasteiger partial charge in [-0.1, -0.05) is 68.3 Å². The lowest BCUT2D eigenvalue weighted by Gasteiger charge is -2.08. The number of hydrogen-bond donors (Lipinski definition) is 5. The fraction of sp³-hybridized carbons (Fsp3) is 0.273. The highest BCUT2D eigenvalue weighted by Gasteiger charge is 2.14. The number of benzene rings is 2. The van der Waals surface area contributed by atoms with Crippen LogP contribution in [0.4, 0.5) is 0 Å². The third-order valence-corrected chi connectivity index (χ3v) is 7.43. The van der Waals surface area contributed by atoms with Crippen LogP contribution in [0.5, 0.6) is 5.75 Å². The summed E-state index contributed by atoms with van der Waals surface area (Å²) in [6, 6.07) is 14.1. The average molecular weight is 570 g/mol. The van der Waals surface area contributed by atoms with E-state index in [1.807, 2.05) is 30.3 Å². The van der Waals surface area contributed by atoms with Crippen LogP contribution in [0, 0.1) is 0 Å². The normalized spacial score (nSPS) is 11.8. The molecule has 0 aromatic heterocycles. The monoisotopic (exact) mass is 568 g/mol. The summed E-state index contributed by atoms with van der Waals surface area (Å²) in [5.41, 5.74) is 1.60. The number of amides is 2. The minimum absolute atomic E-state index is 0.0326. The minimum Gasteiger partial charge on any atom is -0.507 e. The summed E-state index contributed by atoms with van der Waals surface area (Å²) in [5.74, 6) is 0.442. The second-order valence-corrected chi connectivity index (χ2v) is 10.4. The van der Waals surface area contributed by atoms with Crippen LogP contribution in [0.15, 0.2) is 63.3 Å². The molecule has 0 aliphatic rings. The van der Waals surface area contributed by atoms with Gasteiger partial charge >= 0.3 is 0 Å². The van der Waals surface area contributed by atoms with Crippen molar-refractivity contribution < 1.29 is 25.1 Å². The molecule has 5 N–H and O–H groups in total. The molecule has 0 heterocycles. The molecule has 0 bridgehead atoms. The summed E-state index contributed by atoms with van der Waals surface area (Å²) < 4.78 is 0.489. The number of rotatable bonds is 13. The Kier molecular flexibility index (Phi) is 12.4. The van der Waals surface area contributed by atoms with Gasteiger partial charge in [0, 0.05) is 37.4 Å². The molecule has 0 atom stereocenters. The molecule has 0 saturated carbocycles. The molecule has 2 amide bonds. The zero-order valence-corrected chi connectivity index (χ0v) is 21.3. The summed E-state index contributed by atoms with van der Waals surface area (Å²) in [5, 5.41) is 39.4. The van der Waals surface area contributed by atoms with E-state index in [0.29, 0.717) is 34.6 Å². The van der Waals surface area contributed by atoms with Gasteiger partial charge in [-0.05, 0) is 39.2 Å². The van der Waals surface area contributed by atoms with Crippen LogP contribution in [-0.2, 0) is 22.4 Å². The standard InChI is InChI=1S/C22H25BrN4O5S2/c23-17-12-16(6-7-20(17)28)14-19(27-32)22(30)25-9-11-34-33-10-8-24-21(29)18(26-31)13-15-4-2-1-3-5-15/h1-7,12,28,31-32H,8-11,13-14H2,(H,24,29)(H,25,30). The number of carbonyl (C=O) groups excluding carboxylic acids is 2. The quantitative estimate of drug-likeness (QED) is 0.0820. The molecule has 2 aromatic rings. The molecule has 0 spiro atoms. The Bertz CT molecular complexity index is 1020. The summed E-state index contributed by atoms with van der Waals surface area (Å²) in [6.07, 6.45) is 0.361. The molecule has 0 radical (unpaired) electrons. The smallest absolute Gasteiger partial charge is 0.269 e. The fourth-order valence-electron chi connectivity index (χ4n) is 2.70. The number of oxime groups is 2. The lowest BCUT2D eigenvalue weighted by molar-refractivity contribution is -0.115. The first-order valence-electron chi connectivity index (χ1n) is 10.2. The largest absolute Gasteiger partial charge is 0.507 e. The van der Waals surface area contributed by atoms with E-state index in [9.17, 15) is 14.7 Å². The maximum atomic E-state index is 12.2. The lowest BCUT2D eigenvalue weighted by Crippen LogP contribution is -2.34. The summed E-state index contributed by atoms with van der Waals surface area (Å²) in [6.45, 7) is 0.778. The molecule has 2 rings (SSSR count). The van der Waals surface area contributed by atoms with Gasteiger partial charge in [-0.2, -0.15) is 0 Å². The van der Waals surface area contributed by atoms with Gasteiger partial charge in [0.2, 0.25) is 0 Å². The van der Waals surface area contributed by atoms with E-state index in [-0.39, 0.29) is 30.0 Å². The number of phenols is 1. The number of nitrogens with zero attached hydrogens (tertiary/aromatic N) is 2. The number of hydrogen-bond acceptors (Lipinski definition) is 9. The summed E-state index contributed by atoms with van der Waals surface area (Å²) in [7, 11) is 3.05. The first kappa shape index (κ1) is 27.5. The molecule has 12 heteroatoms. The van der Waals surface area contributed by atoms with Gasteiger partial charge in [-0.25, -0.2) is 0 Å². The zero-order valence-electron chi connectivity index (χ0n) is 18.1. The highest BCUT2D eigenvalue weighted by atomic mass is 79.9. The Morgan fingerprint density at radius 3 is 1.85 bits per heavy atom. The maximum absolute atomic E-state index is 12.2. The van der Waals surface area contributed by atoms with Crippen molar-refractivity contribution in [2.24, 2.45) is 10.3 Å². The van der Waals surface area contributed by atoms with E-state index in [1.165, 1.54) is 27.7 Å². The second kappa shape index (κ2) is 15.3. The van der Waals surface area contributed by atoms with Crippen molar-refractivity contribution in [3.63, 3.8) is 0 Å². The Hall–Kier alpha value is -2.70. The molecule has 9 nitrogen and oxygen atoms in total. The van der Waals surface area contributed by atoms with Crippen LogP contribution in [-0.4, -0.2) is 63.4 Å². The number of nitrogens with one attached hydrogen (secondary N) is 2. The molecular weight excluding hydrogens is 544 g/mol. The molecule has 0 aliphatic heterocycles. The molecular formula is C22H25BrN4O5S2. The number of carbonyl (C=O) groups is 2. The Morgan fingerprint density at radius 2 is 1.35 bits per heavy atom. The van der Waals surface area contributed by atoms with Crippen molar-refractivity contribution in [2.75, 3.05) is 24.6 Å². The Labute approximate surface area is 213 Å². The zero-order chi connectivity index (χ0) is 24.8. The molecule has 0 saturated heterocycles. The maximum Gasteiger partial charge on any atom is 0.269 e. The van der Waals surface area contributed by atoms with Crippen LogP contribution in [0.2, 0.25) is 0 Å². The SMILES string of the molecule is O=C(NCCSSCCNC(=O)C(Cc1ccc(O)c(Br)c1)=NO)C(Cc1ccccc1)=NO. The van der Waals surface area contributed by atoms with E-state index in [0.717, 1.165) is 5.56 Å². The lowest BCUT2D eigenvalue weighted by atomic mass is 10.1. The highest BCUT2D eigenvalue weighted by molar-refractivity contribution is 9.10. The number of aromatic hydroxyl groups is 1. The first-order chi connectivity index (χ1) is 16.4. The topological polar surface area (TPSA) is 144 Å². The van der Waals surface area contributed by atoms with Crippen LogP contribution in [0.3, 0.4) is 0 Å². The molecule has 2 aromatic carbocycles. The van der Waals surface area contributed by atoms with Gasteiger partial charge in [-0.3, -0.25) is 9.59 Å². The van der Waals surface area contributed by atoms with Gasteiger partial charge in [0.15, 0.2) is 0 Å². The third-order valence-electron chi connectivity index (χ3n) is 4.39. The van der Waals surface area contributed by atoms with Gasteiger partial charge < -0.3 is 26.2 Å². The first-order valence-corrected chi connectivity index (χ1v) is 13.5. The van der Waals surface area contributed by atoms with Crippen molar-refractivity contribution >= 4 is 60.8 Å². The summed E-state index contributed by atoms with van der Waals surface area (Å²) >= 11 is 3.21. The Morgan fingerprint density at radius 1 is 0.824 bits per heavy atom. The van der Waals surface area contributed by atoms with E-state index in [2.05, 4.69) is 36.9 Å². The van der Waals surface area contributed by atoms with Gasteiger partial charge in [0.25, 0.3) is 11.8 Å². The molecule has 0 unspecified atom stereocenters. The molecule has 182 valence electrons. The van der Waals surface area contributed by atoms with Crippen molar-refractivity contribution in [3.8, 4) is 5.75 Å². The molecule has 34 heavy (non-hydrogen) atoms. The number of phenolic OH excluding ortho intramolecular Hbond substituents is 1. The highest BCUT2D eigenvalue weighted by Crippen LogP contribution is 2.24. The second-order valence-electron chi connectivity index (χ2n) is 6.87. The average Bonchev–Trinajstić information content (AvgIpc) is 2.85. The fourth-order valence-corrected chi connectivity index (χ4v) is 4.94. The van der Waals surface area contributed by atoms with Gasteiger partial charge in [-0.15, -0.1) is 0 Å². The minimum atomic E-state index is -0.473. The van der Waals surface area contributed by atoms with Crippen LogP contribution in [0.25, 0.3) is 0 Å². The Balaban J connectivity index is 1.59. The van der Waals surface area contributed by atoms with E-state index in [4.69, 9.17) is 10.4 Å². The van der Waals surface area contributed by atoms with Gasteiger partial charge in [0.1, 0.15) is 17.2 Å². The number of halogens is 1. The van der Waals surface area contributed by atoms with E-state index in [1.54, 1.807) is 12.1 Å². The van der Waals surface area contributed by atoms with Crippen molar-refractivity contribution in [3.05, 3.63) is 64.1 Å². The van der Waals surface area contributed by atoms with E-state index >= 15 is 0 Å². The van der Waals surface area contributed by atoms with Crippen LogP contribution in [0.1, 0.15) is 11.1 Å². The van der Waals surface area contributed by atoms with Crippen molar-refractivity contribution in [1.29, 1.82) is 0 Å². The van der Waals surface area contributed by atoms with Crippen LogP contribution >= 0.6 is 37.5 Å². The third kappa shape index (κ3) is 9.65. The molecule has 0 aliphatic carbocycles. The predicted molar refractivity (Wildman–Crippen MR) is 139 cm³/mol. The van der Waals surface area contributed by atoms with E-state index < -0.39 is 11.8 Å². The predicted octanol–water partition coefficient (Wildman–Crippen LogP) is 3.21. The van der Waals surface area contributed by atoms with Crippen molar-refractivity contribution in [2.45, 2.75) is 12.8 Å².